The quantitative estimate of drug-likeness (QED) is 0.484. The number of hydrogen-bond donors (Lipinski definition) is 1. The predicted molar refractivity (Wildman–Crippen MR) is 122 cm³/mol. The van der Waals surface area contributed by atoms with Crippen molar-refractivity contribution in [3.8, 4) is 23.6 Å². The first kappa shape index (κ1) is 25.3. The molecule has 0 spiro atoms. The molecule has 1 aliphatic heterocycles. The van der Waals surface area contributed by atoms with Gasteiger partial charge in [0, 0.05) is 24.8 Å². The Hall–Kier alpha value is -4.29. The summed E-state index contributed by atoms with van der Waals surface area (Å²) in [5.74, 6) is -0.492. The molecule has 11 nitrogen and oxygen atoms in total. The summed E-state index contributed by atoms with van der Waals surface area (Å²) in [5, 5.41) is 17.4. The number of carbonyl (C=O) groups is 2. The Kier molecular flexibility index (Phi) is 8.48. The Labute approximate surface area is 202 Å². The molecule has 0 unspecified atom stereocenters. The van der Waals surface area contributed by atoms with Gasteiger partial charge in [-0.25, -0.2) is 13.2 Å². The number of amides is 1. The molecule has 182 valence electrons. The van der Waals surface area contributed by atoms with Gasteiger partial charge < -0.3 is 19.1 Å². The van der Waals surface area contributed by atoms with E-state index >= 15 is 0 Å². The van der Waals surface area contributed by atoms with Crippen LogP contribution >= 0.6 is 0 Å². The molecule has 0 aliphatic carbocycles. The topological polar surface area (TPSA) is 159 Å². The molecule has 35 heavy (non-hydrogen) atoms. The van der Waals surface area contributed by atoms with E-state index in [4.69, 9.17) is 24.7 Å². The first-order valence-electron chi connectivity index (χ1n) is 10.6. The van der Waals surface area contributed by atoms with Crippen LogP contribution in [0, 0.1) is 22.7 Å². The monoisotopic (exact) mass is 498 g/mol. The molecule has 12 heteroatoms. The zero-order chi connectivity index (χ0) is 25.3. The van der Waals surface area contributed by atoms with Crippen molar-refractivity contribution in [2.75, 3.05) is 37.6 Å². The zero-order valence-electron chi connectivity index (χ0n) is 18.6. The molecule has 0 aromatic heterocycles. The molecule has 0 radical (unpaired) electrons. The molecule has 1 heterocycles. The van der Waals surface area contributed by atoms with Gasteiger partial charge in [0.15, 0.2) is 18.1 Å². The van der Waals surface area contributed by atoms with E-state index in [1.165, 1.54) is 47.4 Å². The highest BCUT2D eigenvalue weighted by Crippen LogP contribution is 2.32. The van der Waals surface area contributed by atoms with Gasteiger partial charge in [0.2, 0.25) is 0 Å². The van der Waals surface area contributed by atoms with Gasteiger partial charge in [0.05, 0.1) is 35.4 Å². The number of fused-ring (bicyclic) bond motifs is 1. The largest absolute Gasteiger partial charge is 0.486 e. The van der Waals surface area contributed by atoms with Gasteiger partial charge in [-0.1, -0.05) is 0 Å². The van der Waals surface area contributed by atoms with Gasteiger partial charge in [0.25, 0.3) is 15.9 Å². The third-order valence-corrected chi connectivity index (χ3v) is 6.24. The fraction of sp³-hybridized carbons (Fsp3) is 0.304. The Balaban J connectivity index is 1.59. The van der Waals surface area contributed by atoms with Crippen LogP contribution in [0.5, 0.6) is 11.5 Å². The van der Waals surface area contributed by atoms with Crippen molar-refractivity contribution in [3.05, 3.63) is 48.0 Å². The van der Waals surface area contributed by atoms with Crippen LogP contribution in [0.4, 0.5) is 5.69 Å². The second-order valence-corrected chi connectivity index (χ2v) is 8.94. The second-order valence-electron chi connectivity index (χ2n) is 7.26. The van der Waals surface area contributed by atoms with Crippen LogP contribution in [0.1, 0.15) is 23.2 Å². The third kappa shape index (κ3) is 6.85. The Morgan fingerprint density at radius 1 is 0.971 bits per heavy atom. The average molecular weight is 499 g/mol. The van der Waals surface area contributed by atoms with Gasteiger partial charge in [-0.05, 0) is 36.4 Å². The van der Waals surface area contributed by atoms with Crippen molar-refractivity contribution in [2.45, 2.75) is 17.7 Å². The molecule has 0 saturated carbocycles. The van der Waals surface area contributed by atoms with Crippen LogP contribution in [0.15, 0.2) is 47.4 Å². The van der Waals surface area contributed by atoms with E-state index in [-0.39, 0.29) is 42.1 Å². The number of esters is 1. The Bertz CT molecular complexity index is 1250. The average Bonchev–Trinajstić information content (AvgIpc) is 2.87. The molecule has 0 saturated heterocycles. The minimum absolute atomic E-state index is 0.0129. The lowest BCUT2D eigenvalue weighted by Gasteiger charge is -2.20. The number of hydrogen-bond acceptors (Lipinski definition) is 9. The van der Waals surface area contributed by atoms with Crippen LogP contribution in [-0.2, 0) is 19.6 Å². The molecular weight excluding hydrogens is 476 g/mol. The molecular formula is C23H22N4O7S. The molecule has 2 aromatic carbocycles. The number of sulfonamides is 1. The van der Waals surface area contributed by atoms with E-state index in [9.17, 15) is 18.0 Å². The maximum atomic E-state index is 12.7. The van der Waals surface area contributed by atoms with Crippen molar-refractivity contribution in [1.29, 1.82) is 10.5 Å². The maximum Gasteiger partial charge on any atom is 0.338 e. The Morgan fingerprint density at radius 2 is 1.60 bits per heavy atom. The molecule has 0 fully saturated rings. The second kappa shape index (κ2) is 11.7. The highest BCUT2D eigenvalue weighted by atomic mass is 32.2. The number of ether oxygens (including phenoxy) is 3. The first-order chi connectivity index (χ1) is 16.8. The molecule has 3 rings (SSSR count). The van der Waals surface area contributed by atoms with Crippen LogP contribution in [-0.4, -0.2) is 58.1 Å². The number of carbonyl (C=O) groups excluding carboxylic acids is 2. The minimum atomic E-state index is -3.92. The van der Waals surface area contributed by atoms with Crippen molar-refractivity contribution in [3.63, 3.8) is 0 Å². The fourth-order valence-corrected chi connectivity index (χ4v) is 4.19. The number of nitrogens with zero attached hydrogens (tertiary/aromatic N) is 3. The fourth-order valence-electron chi connectivity index (χ4n) is 3.11. The van der Waals surface area contributed by atoms with Gasteiger partial charge >= 0.3 is 5.97 Å². The zero-order valence-corrected chi connectivity index (χ0v) is 19.4. The number of nitrogens with one attached hydrogen (secondary N) is 1. The highest BCUT2D eigenvalue weighted by Gasteiger charge is 2.20. The number of benzene rings is 2. The number of nitriles is 2. The molecule has 1 aliphatic rings. The van der Waals surface area contributed by atoms with Crippen LogP contribution in [0.25, 0.3) is 0 Å². The van der Waals surface area contributed by atoms with E-state index in [2.05, 4.69) is 4.72 Å². The molecule has 0 bridgehead atoms. The van der Waals surface area contributed by atoms with Crippen molar-refractivity contribution >= 4 is 27.6 Å². The number of rotatable bonds is 10. The SMILES string of the molecule is N#CCCN(CCC#N)C(=O)COC(=O)c1ccc(NS(=O)(=O)c2ccc3c(c2)OCCO3)cc1. The van der Waals surface area contributed by atoms with Gasteiger partial charge in [-0.2, -0.15) is 10.5 Å². The first-order valence-corrected chi connectivity index (χ1v) is 12.0. The van der Waals surface area contributed by atoms with Gasteiger partial charge in [-0.3, -0.25) is 9.52 Å². The summed E-state index contributed by atoms with van der Waals surface area (Å²) in [4.78, 5) is 25.8. The van der Waals surface area contributed by atoms with E-state index in [1.54, 1.807) is 0 Å². The summed E-state index contributed by atoms with van der Waals surface area (Å²) < 4.78 is 43.7. The van der Waals surface area contributed by atoms with Crippen molar-refractivity contribution in [2.24, 2.45) is 0 Å². The molecule has 0 atom stereocenters. The molecule has 2 aromatic rings. The standard InChI is InChI=1S/C23H22N4O7S/c24-9-1-11-27(12-2-10-25)22(28)16-34-23(29)17-3-5-18(6-4-17)26-35(30,31)19-7-8-20-21(15-19)33-14-13-32-20/h3-8,15,26H,1-2,11-14,16H2. The summed E-state index contributed by atoms with van der Waals surface area (Å²) >= 11 is 0. The van der Waals surface area contributed by atoms with E-state index in [0.29, 0.717) is 24.7 Å². The van der Waals surface area contributed by atoms with Crippen molar-refractivity contribution < 1.29 is 32.2 Å². The lowest BCUT2D eigenvalue weighted by atomic mass is 10.2. The number of anilines is 1. The minimum Gasteiger partial charge on any atom is -0.486 e. The highest BCUT2D eigenvalue weighted by molar-refractivity contribution is 7.92. The van der Waals surface area contributed by atoms with Crippen molar-refractivity contribution in [1.82, 2.24) is 4.90 Å². The normalized spacial score (nSPS) is 12.1. The summed E-state index contributed by atoms with van der Waals surface area (Å²) in [6.45, 7) is 0.430. The third-order valence-electron chi connectivity index (χ3n) is 4.86. The van der Waals surface area contributed by atoms with E-state index < -0.39 is 28.5 Å². The van der Waals surface area contributed by atoms with E-state index in [1.807, 2.05) is 12.1 Å². The maximum absolute atomic E-state index is 12.7. The van der Waals surface area contributed by atoms with Crippen LogP contribution in [0.3, 0.4) is 0 Å². The predicted octanol–water partition coefficient (Wildman–Crippen LogP) is 2.07. The van der Waals surface area contributed by atoms with Crippen LogP contribution in [0.2, 0.25) is 0 Å². The summed E-state index contributed by atoms with van der Waals surface area (Å²) in [6.07, 6.45) is 0.184. The van der Waals surface area contributed by atoms with Crippen LogP contribution < -0.4 is 14.2 Å². The van der Waals surface area contributed by atoms with Gasteiger partial charge in [0.1, 0.15) is 13.2 Å². The molecule has 1 N–H and O–H groups in total. The Morgan fingerprint density at radius 3 is 2.23 bits per heavy atom. The van der Waals surface area contributed by atoms with Gasteiger partial charge in [-0.15, -0.1) is 0 Å². The smallest absolute Gasteiger partial charge is 0.338 e. The van der Waals surface area contributed by atoms with E-state index in [0.717, 1.165) is 0 Å². The summed E-state index contributed by atoms with van der Waals surface area (Å²) in [5.41, 5.74) is 0.326. The lowest BCUT2D eigenvalue weighted by molar-refractivity contribution is -0.134. The summed E-state index contributed by atoms with van der Waals surface area (Å²) in [6, 6.07) is 13.6. The summed E-state index contributed by atoms with van der Waals surface area (Å²) in [7, 11) is -3.92. The lowest BCUT2D eigenvalue weighted by Crippen LogP contribution is -2.36. The molecule has 1 amide bonds.